The number of aliphatic hydroxyl groups is 1. The molecule has 0 aliphatic carbocycles. The molecule has 2 aliphatic rings. The summed E-state index contributed by atoms with van der Waals surface area (Å²) in [6.07, 6.45) is -4.61. The average Bonchev–Trinajstić information content (AvgIpc) is 3.27. The zero-order chi connectivity index (χ0) is 48.8. The fraction of sp³-hybridized carbons (Fsp3) is 0.574. The molecule has 0 amide bonds. The van der Waals surface area contributed by atoms with Crippen LogP contribution in [0.15, 0.2) is 91.0 Å². The van der Waals surface area contributed by atoms with E-state index in [1.165, 1.54) is 33.8 Å². The first kappa shape index (κ1) is 55.4. The van der Waals surface area contributed by atoms with Crippen molar-refractivity contribution in [3.05, 3.63) is 102 Å². The van der Waals surface area contributed by atoms with E-state index in [2.05, 4.69) is 0 Å². The van der Waals surface area contributed by atoms with Crippen molar-refractivity contribution < 1.29 is 74.5 Å². The van der Waals surface area contributed by atoms with E-state index in [0.717, 1.165) is 11.1 Å². The second-order valence-electron chi connectivity index (χ2n) is 17.4. The molecule has 0 aromatic heterocycles. The van der Waals surface area contributed by atoms with Gasteiger partial charge in [-0.15, -0.1) is 0 Å². The van der Waals surface area contributed by atoms with Gasteiger partial charge in [0.15, 0.2) is 18.5 Å². The van der Waals surface area contributed by atoms with E-state index < -0.39 is 65.6 Å². The zero-order valence-electron chi connectivity index (χ0n) is 39.8. The largest absolute Gasteiger partial charge is 0.457 e. The summed E-state index contributed by atoms with van der Waals surface area (Å²) in [6.45, 7) is 19.1. The van der Waals surface area contributed by atoms with Crippen molar-refractivity contribution in [3.63, 3.8) is 0 Å². The number of para-hydroxylation sites is 1. The van der Waals surface area contributed by atoms with Gasteiger partial charge in [-0.1, -0.05) is 120 Å². The average molecular weight is 983 g/mol. The normalized spacial score (nSPS) is 29.0. The van der Waals surface area contributed by atoms with Crippen LogP contribution in [0.1, 0.15) is 66.5 Å². The van der Waals surface area contributed by atoms with Crippen molar-refractivity contribution in [2.75, 3.05) is 33.2 Å². The maximum absolute atomic E-state index is 13.3. The Labute approximate surface area is 390 Å². The molecular weight excluding hydrogens is 913 g/mol. The maximum Gasteiger partial charge on any atom is 0.378 e. The van der Waals surface area contributed by atoms with E-state index in [1.54, 1.807) is 24.3 Å². The lowest BCUT2D eigenvalue weighted by atomic mass is 9.79. The summed E-state index contributed by atoms with van der Waals surface area (Å²) < 4.78 is 95.1. The maximum atomic E-state index is 13.3. The number of rotatable bonds is 20. The van der Waals surface area contributed by atoms with Crippen LogP contribution in [0.25, 0.3) is 0 Å². The predicted molar refractivity (Wildman–Crippen MR) is 249 cm³/mol. The van der Waals surface area contributed by atoms with Gasteiger partial charge in [-0.3, -0.25) is 23.2 Å². The second-order valence-corrected chi connectivity index (χ2v) is 23.5. The quantitative estimate of drug-likeness (QED) is 0.0828. The van der Waals surface area contributed by atoms with Gasteiger partial charge in [-0.05, 0) is 35.1 Å². The molecule has 16 nitrogen and oxygen atoms in total. The van der Waals surface area contributed by atoms with E-state index in [4.69, 9.17) is 46.1 Å². The molecule has 66 heavy (non-hydrogen) atoms. The van der Waals surface area contributed by atoms with Crippen molar-refractivity contribution in [2.45, 2.75) is 106 Å². The summed E-state index contributed by atoms with van der Waals surface area (Å²) in [6, 6.07) is 27.6. The highest BCUT2D eigenvalue weighted by Crippen LogP contribution is 2.51. The van der Waals surface area contributed by atoms with Gasteiger partial charge in [0.1, 0.15) is 5.75 Å². The number of hydrogen-bond acceptors (Lipinski definition) is 16. The lowest BCUT2D eigenvalue weighted by molar-refractivity contribution is -0.266. The van der Waals surface area contributed by atoms with Gasteiger partial charge in [-0.2, -0.15) is 0 Å². The lowest BCUT2D eigenvalue weighted by Crippen LogP contribution is -2.53. The van der Waals surface area contributed by atoms with Gasteiger partial charge >= 0.3 is 34.7 Å². The SMILES string of the molecule is CC(=O)OC1C(O)OC([C@H](C)COP(C)(=O)OCc2ccccc2)[C@@H](C)[C@@H]1C.CC(=O)OC1[C@H](OP(C)(=O)Oc2ccccc2)OC([C@H](C)COP(C)(=O)OCc2ccccc2)[C@@H](C)[C@@H]1C. The van der Waals surface area contributed by atoms with Crippen LogP contribution in [0.2, 0.25) is 0 Å². The van der Waals surface area contributed by atoms with E-state index in [-0.39, 0.29) is 68.0 Å². The summed E-state index contributed by atoms with van der Waals surface area (Å²) in [5.74, 6) is -1.34. The Kier molecular flexibility index (Phi) is 21.3. The van der Waals surface area contributed by atoms with Crippen LogP contribution >= 0.6 is 22.8 Å². The number of carbonyl (C=O) groups excluding carboxylic acids is 2. The monoisotopic (exact) mass is 982 g/mol. The summed E-state index contributed by atoms with van der Waals surface area (Å²) in [4.78, 5) is 23.1. The molecule has 2 fully saturated rings. The highest BCUT2D eigenvalue weighted by molar-refractivity contribution is 7.53. The molecule has 8 unspecified atom stereocenters. The van der Waals surface area contributed by atoms with Gasteiger partial charge in [0.25, 0.3) is 0 Å². The molecule has 2 heterocycles. The van der Waals surface area contributed by atoms with Gasteiger partial charge in [-0.25, -0.2) is 4.57 Å². The van der Waals surface area contributed by atoms with E-state index in [0.29, 0.717) is 5.75 Å². The number of hydrogen-bond donors (Lipinski definition) is 1. The minimum Gasteiger partial charge on any atom is -0.457 e. The van der Waals surface area contributed by atoms with Crippen molar-refractivity contribution in [1.82, 2.24) is 0 Å². The molecule has 15 atom stereocenters. The molecule has 3 aromatic carbocycles. The first-order chi connectivity index (χ1) is 31.0. The van der Waals surface area contributed by atoms with Crippen LogP contribution in [0.5, 0.6) is 5.75 Å². The van der Waals surface area contributed by atoms with E-state index >= 15 is 0 Å². The number of aliphatic hydroxyl groups excluding tert-OH is 1. The summed E-state index contributed by atoms with van der Waals surface area (Å²) in [5.41, 5.74) is 1.81. The van der Waals surface area contributed by atoms with Crippen LogP contribution in [-0.4, -0.2) is 87.2 Å². The van der Waals surface area contributed by atoms with E-state index in [9.17, 15) is 28.4 Å². The molecule has 0 radical (unpaired) electrons. The second kappa shape index (κ2) is 25.4. The predicted octanol–water partition coefficient (Wildman–Crippen LogP) is 10.1. The summed E-state index contributed by atoms with van der Waals surface area (Å²) >= 11 is 0. The molecule has 5 rings (SSSR count). The van der Waals surface area contributed by atoms with Crippen LogP contribution in [0.3, 0.4) is 0 Å². The highest BCUT2D eigenvalue weighted by atomic mass is 31.2. The Morgan fingerprint density at radius 3 is 1.41 bits per heavy atom. The smallest absolute Gasteiger partial charge is 0.378 e. The molecular formula is C47H69O16P3. The Hall–Kier alpha value is -3.23. The molecule has 3 aromatic rings. The standard InChI is InChI=1S/C27H38O9P2.C20H31O7P/c1-19(17-31-37(5,29)32-18-23-13-9-7-10-14-23)25-20(2)21(3)26(33-22(4)28)27(34-25)36-38(6,30)35-24-15-11-8-12-16-24;1-13(11-24-28(5,23)25-12-17-9-7-6-8-10-17)18-14(2)15(3)19(20(22)27-18)26-16(4)21/h7-16,19-21,25-27H,17-18H2,1-6H3;6-10,13-15,18-20,22H,11-12H2,1-5H3/t19-,20+,21+,25?,26?,27+,37?,38?;13-,14+,15+,18?,19?,20?,28?/m11/s1. The first-order valence-electron chi connectivity index (χ1n) is 22.1. The van der Waals surface area contributed by atoms with Gasteiger partial charge in [0.05, 0.1) is 45.3 Å². The fourth-order valence-electron chi connectivity index (χ4n) is 7.71. The first-order valence-corrected chi connectivity index (χ1v) is 28.1. The Balaban J connectivity index is 0.000000302. The third-order valence-corrected chi connectivity index (χ3v) is 15.2. The molecule has 2 aliphatic heterocycles. The van der Waals surface area contributed by atoms with Crippen LogP contribution in [-0.2, 0) is 78.1 Å². The number of ether oxygens (including phenoxy) is 4. The van der Waals surface area contributed by atoms with Crippen LogP contribution < -0.4 is 4.52 Å². The highest BCUT2D eigenvalue weighted by Gasteiger charge is 2.48. The Morgan fingerprint density at radius 1 is 0.576 bits per heavy atom. The minimum absolute atomic E-state index is 0.00725. The van der Waals surface area contributed by atoms with Crippen LogP contribution in [0.4, 0.5) is 0 Å². The third kappa shape index (κ3) is 17.7. The van der Waals surface area contributed by atoms with Crippen molar-refractivity contribution in [2.24, 2.45) is 35.5 Å². The van der Waals surface area contributed by atoms with Crippen molar-refractivity contribution in [3.8, 4) is 5.75 Å². The van der Waals surface area contributed by atoms with E-state index in [1.807, 2.05) is 108 Å². The molecule has 2 saturated heterocycles. The molecule has 368 valence electrons. The van der Waals surface area contributed by atoms with Gasteiger partial charge in [0, 0.05) is 50.8 Å². The molecule has 0 spiro atoms. The van der Waals surface area contributed by atoms with Crippen LogP contribution in [0, 0.1) is 35.5 Å². The summed E-state index contributed by atoms with van der Waals surface area (Å²) in [7, 11) is -10.2. The molecule has 19 heteroatoms. The van der Waals surface area contributed by atoms with Crippen molar-refractivity contribution in [1.29, 1.82) is 0 Å². The molecule has 0 saturated carbocycles. The minimum atomic E-state index is -3.66. The van der Waals surface area contributed by atoms with Crippen molar-refractivity contribution >= 4 is 34.7 Å². The Bertz CT molecular complexity index is 2100. The number of esters is 2. The Morgan fingerprint density at radius 2 is 0.970 bits per heavy atom. The molecule has 0 bridgehead atoms. The van der Waals surface area contributed by atoms with Gasteiger partial charge in [0.2, 0.25) is 6.29 Å². The van der Waals surface area contributed by atoms with Gasteiger partial charge < -0.3 is 46.7 Å². The lowest BCUT2D eigenvalue weighted by Gasteiger charge is -2.45. The molecule has 1 N–H and O–H groups in total. The number of carbonyl (C=O) groups is 2. The third-order valence-electron chi connectivity index (χ3n) is 11.7. The zero-order valence-corrected chi connectivity index (χ0v) is 42.5. The fourth-order valence-corrected chi connectivity index (χ4v) is 10.7. The topological polar surface area (TPSA) is 198 Å². The summed E-state index contributed by atoms with van der Waals surface area (Å²) in [5, 5.41) is 10.2. The number of benzene rings is 3.